The molecule has 0 fully saturated rings. The molecule has 2 aromatic carbocycles. The van der Waals surface area contributed by atoms with E-state index in [1.807, 2.05) is 24.3 Å². The Hall–Kier alpha value is -2.17. The summed E-state index contributed by atoms with van der Waals surface area (Å²) in [7, 11) is 0. The average molecular weight is 357 g/mol. The monoisotopic (exact) mass is 356 g/mol. The van der Waals surface area contributed by atoms with Crippen molar-refractivity contribution >= 4 is 50.3 Å². The van der Waals surface area contributed by atoms with Gasteiger partial charge in [-0.1, -0.05) is 61.1 Å². The topological polar surface area (TPSA) is 42.0 Å². The van der Waals surface area contributed by atoms with E-state index in [9.17, 15) is 4.79 Å². The molecule has 0 atom stereocenters. The van der Waals surface area contributed by atoms with Gasteiger partial charge in [-0.25, -0.2) is 4.98 Å². The summed E-state index contributed by atoms with van der Waals surface area (Å²) in [6, 6.07) is 13.7. The van der Waals surface area contributed by atoms with Gasteiger partial charge in [0.25, 0.3) is 0 Å². The van der Waals surface area contributed by atoms with Crippen LogP contribution in [-0.2, 0) is 4.79 Å². The van der Waals surface area contributed by atoms with Gasteiger partial charge in [-0.2, -0.15) is 0 Å². The van der Waals surface area contributed by atoms with E-state index in [0.29, 0.717) is 16.1 Å². The van der Waals surface area contributed by atoms with Crippen LogP contribution in [0.3, 0.4) is 0 Å². The predicted molar refractivity (Wildman–Crippen MR) is 103 cm³/mol. The van der Waals surface area contributed by atoms with E-state index < -0.39 is 0 Å². The summed E-state index contributed by atoms with van der Waals surface area (Å²) < 4.78 is 0.950. The largest absolute Gasteiger partial charge is 0.298 e. The van der Waals surface area contributed by atoms with Gasteiger partial charge in [0.05, 0.1) is 10.2 Å². The third kappa shape index (κ3) is 4.02. The number of fused-ring (bicyclic) bond motifs is 1. The Balaban J connectivity index is 1.67. The SMILES string of the molecule is CC(C)c1ccc(C=CC(=O)Nc2nc3ccc(Cl)cc3s2)cc1. The van der Waals surface area contributed by atoms with E-state index in [4.69, 9.17) is 11.6 Å². The number of carbonyl (C=O) groups excluding carboxylic acids is 1. The summed E-state index contributed by atoms with van der Waals surface area (Å²) in [5.41, 5.74) is 3.10. The lowest BCUT2D eigenvalue weighted by atomic mass is 10.0. The number of anilines is 1. The van der Waals surface area contributed by atoms with Crippen LogP contribution in [0.25, 0.3) is 16.3 Å². The summed E-state index contributed by atoms with van der Waals surface area (Å²) in [6.45, 7) is 4.31. The van der Waals surface area contributed by atoms with Crippen molar-refractivity contribution in [2.75, 3.05) is 5.32 Å². The van der Waals surface area contributed by atoms with Gasteiger partial charge < -0.3 is 0 Å². The number of nitrogens with zero attached hydrogens (tertiary/aromatic N) is 1. The van der Waals surface area contributed by atoms with Crippen molar-refractivity contribution in [3.05, 3.63) is 64.7 Å². The molecule has 3 nitrogen and oxygen atoms in total. The Kier molecular flexibility index (Phi) is 4.97. The fraction of sp³-hybridized carbons (Fsp3) is 0.158. The minimum absolute atomic E-state index is 0.201. The van der Waals surface area contributed by atoms with Gasteiger partial charge in [0, 0.05) is 11.1 Å². The Morgan fingerprint density at radius 1 is 1.21 bits per heavy atom. The lowest BCUT2D eigenvalue weighted by molar-refractivity contribution is -0.111. The second-order valence-corrected chi connectivity index (χ2v) is 7.24. The number of rotatable bonds is 4. The first-order chi connectivity index (χ1) is 11.5. The van der Waals surface area contributed by atoms with Crippen molar-refractivity contribution in [3.8, 4) is 0 Å². The normalized spacial score (nSPS) is 11.5. The van der Waals surface area contributed by atoms with Crippen molar-refractivity contribution in [2.24, 2.45) is 0 Å². The maximum absolute atomic E-state index is 12.0. The Bertz CT molecular complexity index is 897. The van der Waals surface area contributed by atoms with Gasteiger partial charge in [-0.05, 0) is 41.3 Å². The minimum Gasteiger partial charge on any atom is -0.298 e. The maximum atomic E-state index is 12.0. The first-order valence-electron chi connectivity index (χ1n) is 7.66. The van der Waals surface area contributed by atoms with E-state index in [1.54, 1.807) is 12.1 Å². The second kappa shape index (κ2) is 7.16. The number of amides is 1. The molecule has 24 heavy (non-hydrogen) atoms. The number of thiazole rings is 1. The molecule has 5 heteroatoms. The van der Waals surface area contributed by atoms with E-state index in [0.717, 1.165) is 15.8 Å². The number of benzene rings is 2. The van der Waals surface area contributed by atoms with E-state index in [1.165, 1.54) is 23.0 Å². The Labute approximate surface area is 150 Å². The van der Waals surface area contributed by atoms with Crippen LogP contribution in [0.4, 0.5) is 5.13 Å². The van der Waals surface area contributed by atoms with Gasteiger partial charge >= 0.3 is 0 Å². The maximum Gasteiger partial charge on any atom is 0.250 e. The van der Waals surface area contributed by atoms with Gasteiger partial charge in [0.2, 0.25) is 5.91 Å². The molecule has 1 amide bonds. The fourth-order valence-electron chi connectivity index (χ4n) is 2.26. The van der Waals surface area contributed by atoms with Crippen LogP contribution in [0.15, 0.2) is 48.5 Å². The third-order valence-corrected chi connectivity index (χ3v) is 4.78. The quantitative estimate of drug-likeness (QED) is 0.607. The first-order valence-corrected chi connectivity index (χ1v) is 8.86. The van der Waals surface area contributed by atoms with E-state index in [-0.39, 0.29) is 5.91 Å². The van der Waals surface area contributed by atoms with E-state index >= 15 is 0 Å². The number of hydrogen-bond acceptors (Lipinski definition) is 3. The molecule has 1 N–H and O–H groups in total. The van der Waals surface area contributed by atoms with Gasteiger partial charge in [-0.3, -0.25) is 10.1 Å². The molecule has 0 saturated carbocycles. The lowest BCUT2D eigenvalue weighted by Gasteiger charge is -2.04. The fourth-order valence-corrected chi connectivity index (χ4v) is 3.41. The standard InChI is InChI=1S/C19H17ClN2OS/c1-12(2)14-6-3-13(4-7-14)5-10-18(23)22-19-21-16-9-8-15(20)11-17(16)24-19/h3-12H,1-2H3,(H,21,22,23). The highest BCUT2D eigenvalue weighted by Crippen LogP contribution is 2.28. The van der Waals surface area contributed by atoms with Crippen molar-refractivity contribution in [2.45, 2.75) is 19.8 Å². The first kappa shape index (κ1) is 16.7. The molecule has 0 spiro atoms. The molecule has 0 aliphatic carbocycles. The zero-order valence-corrected chi connectivity index (χ0v) is 15.0. The molecule has 0 unspecified atom stereocenters. The molecule has 0 aliphatic rings. The molecule has 0 radical (unpaired) electrons. The Morgan fingerprint density at radius 2 is 1.96 bits per heavy atom. The number of halogens is 1. The van der Waals surface area contributed by atoms with Crippen LogP contribution in [0.1, 0.15) is 30.9 Å². The summed E-state index contributed by atoms with van der Waals surface area (Å²) in [5, 5.41) is 4.02. The van der Waals surface area contributed by atoms with Crippen LogP contribution in [0.2, 0.25) is 5.02 Å². The average Bonchev–Trinajstić information content (AvgIpc) is 2.94. The molecular weight excluding hydrogens is 340 g/mol. The molecule has 1 heterocycles. The van der Waals surface area contributed by atoms with Crippen molar-refractivity contribution in [1.82, 2.24) is 4.98 Å². The van der Waals surface area contributed by atoms with Crippen LogP contribution < -0.4 is 5.32 Å². The van der Waals surface area contributed by atoms with Crippen LogP contribution in [0.5, 0.6) is 0 Å². The van der Waals surface area contributed by atoms with Gasteiger partial charge in [-0.15, -0.1) is 0 Å². The minimum atomic E-state index is -0.201. The van der Waals surface area contributed by atoms with E-state index in [2.05, 4.69) is 36.3 Å². The second-order valence-electron chi connectivity index (χ2n) is 5.78. The number of hydrogen-bond donors (Lipinski definition) is 1. The molecule has 0 bridgehead atoms. The molecule has 122 valence electrons. The molecule has 3 aromatic rings. The summed E-state index contributed by atoms with van der Waals surface area (Å²) in [4.78, 5) is 16.4. The zero-order chi connectivity index (χ0) is 17.1. The van der Waals surface area contributed by atoms with Crippen LogP contribution in [-0.4, -0.2) is 10.9 Å². The predicted octanol–water partition coefficient (Wildman–Crippen LogP) is 5.73. The van der Waals surface area contributed by atoms with Crippen molar-refractivity contribution < 1.29 is 4.79 Å². The number of aromatic nitrogens is 1. The highest BCUT2D eigenvalue weighted by Gasteiger charge is 2.06. The van der Waals surface area contributed by atoms with Gasteiger partial charge in [0.15, 0.2) is 5.13 Å². The van der Waals surface area contributed by atoms with Gasteiger partial charge in [0.1, 0.15) is 0 Å². The summed E-state index contributed by atoms with van der Waals surface area (Å²) in [5.74, 6) is 0.298. The lowest BCUT2D eigenvalue weighted by Crippen LogP contribution is -2.07. The molecule has 3 rings (SSSR count). The molecular formula is C19H17ClN2OS. The number of nitrogens with one attached hydrogen (secondary N) is 1. The Morgan fingerprint density at radius 3 is 2.67 bits per heavy atom. The molecule has 0 saturated heterocycles. The van der Waals surface area contributed by atoms with Crippen molar-refractivity contribution in [1.29, 1.82) is 0 Å². The molecule has 0 aliphatic heterocycles. The summed E-state index contributed by atoms with van der Waals surface area (Å²) >= 11 is 7.37. The highest BCUT2D eigenvalue weighted by molar-refractivity contribution is 7.22. The molecule has 1 aromatic heterocycles. The number of carbonyl (C=O) groups is 1. The third-order valence-electron chi connectivity index (χ3n) is 3.61. The van der Waals surface area contributed by atoms with Crippen molar-refractivity contribution in [3.63, 3.8) is 0 Å². The highest BCUT2D eigenvalue weighted by atomic mass is 35.5. The summed E-state index contributed by atoms with van der Waals surface area (Å²) in [6.07, 6.45) is 3.31. The van der Waals surface area contributed by atoms with Crippen LogP contribution >= 0.6 is 22.9 Å². The zero-order valence-electron chi connectivity index (χ0n) is 13.4. The smallest absolute Gasteiger partial charge is 0.250 e. The van der Waals surface area contributed by atoms with Crippen LogP contribution in [0, 0.1) is 0 Å².